The number of ether oxygens (including phenoxy) is 1. The van der Waals surface area contributed by atoms with Crippen molar-refractivity contribution in [2.75, 3.05) is 6.61 Å². The molecule has 1 aliphatic carbocycles. The van der Waals surface area contributed by atoms with Gasteiger partial charge in [0.05, 0.1) is 6.10 Å². The van der Waals surface area contributed by atoms with E-state index in [0.717, 1.165) is 19.4 Å². The number of primary amides is 1. The number of hydrogen-bond donors (Lipinski definition) is 1. The first-order valence-corrected chi connectivity index (χ1v) is 7.53. The van der Waals surface area contributed by atoms with Crippen molar-refractivity contribution in [3.8, 4) is 0 Å². The Morgan fingerprint density at radius 1 is 1.26 bits per heavy atom. The molecule has 1 atom stereocenters. The summed E-state index contributed by atoms with van der Waals surface area (Å²) in [5, 5.41) is 0. The average molecular weight is 265 g/mol. The van der Waals surface area contributed by atoms with Crippen LogP contribution in [0, 0.1) is 0 Å². The van der Waals surface area contributed by atoms with Gasteiger partial charge in [-0.15, -0.1) is 0 Å². The number of carbonyl (C=O) groups is 1. The smallest absolute Gasteiger partial charge is 0.248 e. The van der Waals surface area contributed by atoms with Crippen LogP contribution in [0.15, 0.2) is 23.8 Å². The SMILES string of the molecule is CCCCCCCCCOC1C=C(C(N)=O)C=CC1. The molecule has 1 unspecified atom stereocenters. The minimum Gasteiger partial charge on any atom is -0.374 e. The Labute approximate surface area is 116 Å². The van der Waals surface area contributed by atoms with E-state index in [1.54, 1.807) is 6.08 Å². The highest BCUT2D eigenvalue weighted by atomic mass is 16.5. The quantitative estimate of drug-likeness (QED) is 0.615. The van der Waals surface area contributed by atoms with E-state index in [4.69, 9.17) is 10.5 Å². The second-order valence-corrected chi connectivity index (χ2v) is 5.15. The Morgan fingerprint density at radius 3 is 2.63 bits per heavy atom. The molecule has 0 heterocycles. The van der Waals surface area contributed by atoms with Crippen molar-refractivity contribution in [3.63, 3.8) is 0 Å². The third-order valence-corrected chi connectivity index (χ3v) is 3.40. The van der Waals surface area contributed by atoms with E-state index in [1.165, 1.54) is 38.5 Å². The molecule has 1 amide bonds. The van der Waals surface area contributed by atoms with Gasteiger partial charge < -0.3 is 10.5 Å². The molecule has 0 aromatic carbocycles. The highest BCUT2D eigenvalue weighted by molar-refractivity contribution is 5.95. The van der Waals surface area contributed by atoms with Gasteiger partial charge >= 0.3 is 0 Å². The second kappa shape index (κ2) is 9.79. The maximum atomic E-state index is 11.0. The molecule has 0 aliphatic heterocycles. The first kappa shape index (κ1) is 16.0. The number of hydrogen-bond acceptors (Lipinski definition) is 2. The normalized spacial score (nSPS) is 18.4. The molecule has 0 aromatic heterocycles. The standard InChI is InChI=1S/C16H27NO2/c1-2-3-4-5-6-7-8-12-19-15-11-9-10-14(13-15)16(17)18/h9-10,13,15H,2-8,11-12H2,1H3,(H2,17,18). The van der Waals surface area contributed by atoms with Gasteiger partial charge in [-0.3, -0.25) is 4.79 Å². The predicted molar refractivity (Wildman–Crippen MR) is 78.8 cm³/mol. The van der Waals surface area contributed by atoms with Crippen molar-refractivity contribution in [1.82, 2.24) is 0 Å². The molecule has 0 saturated carbocycles. The minimum atomic E-state index is -0.375. The summed E-state index contributed by atoms with van der Waals surface area (Å²) in [6.07, 6.45) is 15.4. The summed E-state index contributed by atoms with van der Waals surface area (Å²) in [6.45, 7) is 3.01. The highest BCUT2D eigenvalue weighted by Crippen LogP contribution is 2.14. The molecule has 0 saturated heterocycles. The van der Waals surface area contributed by atoms with Crippen LogP contribution >= 0.6 is 0 Å². The van der Waals surface area contributed by atoms with Gasteiger partial charge in [-0.2, -0.15) is 0 Å². The Kier molecular flexibility index (Phi) is 8.23. The molecule has 0 fully saturated rings. The van der Waals surface area contributed by atoms with E-state index >= 15 is 0 Å². The zero-order valence-corrected chi connectivity index (χ0v) is 12.1. The monoisotopic (exact) mass is 265 g/mol. The summed E-state index contributed by atoms with van der Waals surface area (Å²) in [7, 11) is 0. The van der Waals surface area contributed by atoms with Gasteiger partial charge in [-0.1, -0.05) is 57.6 Å². The molecular weight excluding hydrogens is 238 g/mol. The molecule has 0 radical (unpaired) electrons. The lowest BCUT2D eigenvalue weighted by Crippen LogP contribution is -2.19. The molecular formula is C16H27NO2. The number of rotatable bonds is 10. The van der Waals surface area contributed by atoms with Gasteiger partial charge in [0.1, 0.15) is 0 Å². The Bertz CT molecular complexity index is 321. The van der Waals surface area contributed by atoms with Gasteiger partial charge in [0.25, 0.3) is 0 Å². The van der Waals surface area contributed by atoms with Crippen LogP contribution in [-0.2, 0) is 9.53 Å². The third-order valence-electron chi connectivity index (χ3n) is 3.40. The largest absolute Gasteiger partial charge is 0.374 e. The average Bonchev–Trinajstić information content (AvgIpc) is 2.42. The zero-order chi connectivity index (χ0) is 13.9. The molecule has 3 nitrogen and oxygen atoms in total. The maximum Gasteiger partial charge on any atom is 0.248 e. The fraction of sp³-hybridized carbons (Fsp3) is 0.688. The summed E-state index contributed by atoms with van der Waals surface area (Å²) in [5.74, 6) is -0.375. The Hall–Kier alpha value is -1.09. The van der Waals surface area contributed by atoms with E-state index in [0.29, 0.717) is 5.57 Å². The summed E-state index contributed by atoms with van der Waals surface area (Å²) in [6, 6.07) is 0. The molecule has 0 aromatic rings. The number of nitrogens with two attached hydrogens (primary N) is 1. The number of amides is 1. The van der Waals surface area contributed by atoms with Crippen molar-refractivity contribution in [2.45, 2.75) is 64.4 Å². The lowest BCUT2D eigenvalue weighted by molar-refractivity contribution is -0.114. The lowest BCUT2D eigenvalue weighted by Gasteiger charge is -2.16. The van der Waals surface area contributed by atoms with E-state index in [2.05, 4.69) is 6.92 Å². The van der Waals surface area contributed by atoms with Gasteiger partial charge in [-0.25, -0.2) is 0 Å². The number of unbranched alkanes of at least 4 members (excludes halogenated alkanes) is 6. The van der Waals surface area contributed by atoms with Crippen molar-refractivity contribution in [3.05, 3.63) is 23.8 Å². The van der Waals surface area contributed by atoms with Crippen molar-refractivity contribution in [1.29, 1.82) is 0 Å². The Morgan fingerprint density at radius 2 is 1.95 bits per heavy atom. The van der Waals surface area contributed by atoms with Crippen LogP contribution in [0.1, 0.15) is 58.3 Å². The fourth-order valence-corrected chi connectivity index (χ4v) is 2.23. The van der Waals surface area contributed by atoms with Gasteiger partial charge in [0, 0.05) is 12.2 Å². The van der Waals surface area contributed by atoms with Crippen LogP contribution in [0.2, 0.25) is 0 Å². The molecule has 0 bridgehead atoms. The third kappa shape index (κ3) is 7.16. The molecule has 0 spiro atoms. The van der Waals surface area contributed by atoms with Gasteiger partial charge in [-0.05, 0) is 18.9 Å². The van der Waals surface area contributed by atoms with Gasteiger partial charge in [0.2, 0.25) is 5.91 Å². The first-order chi connectivity index (χ1) is 9.24. The van der Waals surface area contributed by atoms with E-state index in [-0.39, 0.29) is 12.0 Å². The summed E-state index contributed by atoms with van der Waals surface area (Å²) in [4.78, 5) is 11.0. The van der Waals surface area contributed by atoms with E-state index in [1.807, 2.05) is 12.2 Å². The second-order valence-electron chi connectivity index (χ2n) is 5.15. The van der Waals surface area contributed by atoms with E-state index < -0.39 is 0 Å². The minimum absolute atomic E-state index is 0.0209. The van der Waals surface area contributed by atoms with Crippen LogP contribution in [0.25, 0.3) is 0 Å². The zero-order valence-electron chi connectivity index (χ0n) is 12.1. The first-order valence-electron chi connectivity index (χ1n) is 7.53. The van der Waals surface area contributed by atoms with Crippen molar-refractivity contribution in [2.24, 2.45) is 5.73 Å². The van der Waals surface area contributed by atoms with Crippen LogP contribution in [0.5, 0.6) is 0 Å². The summed E-state index contributed by atoms with van der Waals surface area (Å²) in [5.41, 5.74) is 5.82. The molecule has 108 valence electrons. The summed E-state index contributed by atoms with van der Waals surface area (Å²) < 4.78 is 5.76. The lowest BCUT2D eigenvalue weighted by atomic mass is 10.0. The topological polar surface area (TPSA) is 52.3 Å². The van der Waals surface area contributed by atoms with Gasteiger partial charge in [0.15, 0.2) is 0 Å². The van der Waals surface area contributed by atoms with E-state index in [9.17, 15) is 4.79 Å². The molecule has 1 rings (SSSR count). The Balaban J connectivity index is 2.04. The van der Waals surface area contributed by atoms with Crippen molar-refractivity contribution < 1.29 is 9.53 Å². The van der Waals surface area contributed by atoms with Crippen LogP contribution in [0.3, 0.4) is 0 Å². The highest BCUT2D eigenvalue weighted by Gasteiger charge is 2.12. The van der Waals surface area contributed by atoms with Crippen molar-refractivity contribution >= 4 is 5.91 Å². The molecule has 19 heavy (non-hydrogen) atoms. The maximum absolute atomic E-state index is 11.0. The number of carbonyl (C=O) groups excluding carboxylic acids is 1. The summed E-state index contributed by atoms with van der Waals surface area (Å²) >= 11 is 0. The van der Waals surface area contributed by atoms with Crippen LogP contribution in [-0.4, -0.2) is 18.6 Å². The molecule has 2 N–H and O–H groups in total. The van der Waals surface area contributed by atoms with Crippen LogP contribution < -0.4 is 5.73 Å². The molecule has 3 heteroatoms. The van der Waals surface area contributed by atoms with Crippen LogP contribution in [0.4, 0.5) is 0 Å². The molecule has 1 aliphatic rings. The predicted octanol–water partition coefficient (Wildman–Crippen LogP) is 3.49. The fourth-order valence-electron chi connectivity index (χ4n) is 2.23.